The number of para-hydroxylation sites is 1. The number of aromatic nitrogens is 2. The van der Waals surface area contributed by atoms with Gasteiger partial charge in [0.05, 0.1) is 17.3 Å². The van der Waals surface area contributed by atoms with Crippen LogP contribution in [0, 0.1) is 0 Å². The van der Waals surface area contributed by atoms with Crippen molar-refractivity contribution in [2.45, 2.75) is 6.92 Å². The maximum Gasteiger partial charge on any atom is 0.262 e. The number of nitrogens with one attached hydrogen (secondary N) is 1. The number of anilines is 1. The predicted octanol–water partition coefficient (Wildman–Crippen LogP) is 4.20. The van der Waals surface area contributed by atoms with Crippen LogP contribution in [0.25, 0.3) is 0 Å². The molecule has 1 heterocycles. The zero-order chi connectivity index (χ0) is 15.4. The molecule has 0 saturated heterocycles. The molecule has 0 unspecified atom stereocenters. The van der Waals surface area contributed by atoms with Crippen molar-refractivity contribution in [2.24, 2.45) is 0 Å². The van der Waals surface area contributed by atoms with Crippen molar-refractivity contribution >= 4 is 50.7 Å². The van der Waals surface area contributed by atoms with Gasteiger partial charge < -0.3 is 10.1 Å². The molecule has 0 saturated carbocycles. The highest BCUT2D eigenvalue weighted by Gasteiger charge is 2.18. The van der Waals surface area contributed by atoms with Crippen LogP contribution in [-0.4, -0.2) is 22.5 Å². The lowest BCUT2D eigenvalue weighted by molar-refractivity contribution is 0.102. The number of ether oxygens (including phenoxy) is 1. The summed E-state index contributed by atoms with van der Waals surface area (Å²) in [6.45, 7) is 2.13. The standard InChI is InChI=1S/C13H10BrCl2N3O2/c1-2-21-12-7(6-17-13(16)19-12)11(20)18-10-8(14)4-3-5-9(10)15/h3-6H,2H2,1H3,(H,18,20). The van der Waals surface area contributed by atoms with Gasteiger partial charge >= 0.3 is 0 Å². The Bertz CT molecular complexity index is 662. The minimum atomic E-state index is -0.441. The maximum atomic E-state index is 12.3. The van der Waals surface area contributed by atoms with E-state index in [1.54, 1.807) is 25.1 Å². The zero-order valence-electron chi connectivity index (χ0n) is 10.9. The van der Waals surface area contributed by atoms with Gasteiger partial charge in [-0.2, -0.15) is 4.98 Å². The van der Waals surface area contributed by atoms with E-state index in [2.05, 4.69) is 31.2 Å². The van der Waals surface area contributed by atoms with E-state index in [0.717, 1.165) is 0 Å². The molecule has 0 spiro atoms. The van der Waals surface area contributed by atoms with E-state index in [4.69, 9.17) is 27.9 Å². The molecule has 0 bridgehead atoms. The Kier molecular flexibility index (Phi) is 5.39. The van der Waals surface area contributed by atoms with Crippen LogP contribution >= 0.6 is 39.1 Å². The van der Waals surface area contributed by atoms with Crippen LogP contribution in [0.3, 0.4) is 0 Å². The van der Waals surface area contributed by atoms with Gasteiger partial charge in [-0.1, -0.05) is 17.7 Å². The summed E-state index contributed by atoms with van der Waals surface area (Å²) >= 11 is 15.1. The summed E-state index contributed by atoms with van der Waals surface area (Å²) in [5.41, 5.74) is 0.634. The van der Waals surface area contributed by atoms with Gasteiger partial charge in [-0.25, -0.2) is 4.98 Å². The Hall–Kier alpha value is -1.37. The summed E-state index contributed by atoms with van der Waals surface area (Å²) in [5, 5.41) is 3.11. The van der Waals surface area contributed by atoms with Crippen molar-refractivity contribution in [3.8, 4) is 5.88 Å². The fourth-order valence-electron chi connectivity index (χ4n) is 1.55. The number of hydrogen-bond acceptors (Lipinski definition) is 4. The Balaban J connectivity index is 2.32. The molecule has 2 aromatic rings. The smallest absolute Gasteiger partial charge is 0.262 e. The van der Waals surface area contributed by atoms with Crippen LogP contribution in [0.1, 0.15) is 17.3 Å². The number of carbonyl (C=O) groups excluding carboxylic acids is 1. The van der Waals surface area contributed by atoms with Crippen molar-refractivity contribution < 1.29 is 9.53 Å². The molecule has 110 valence electrons. The summed E-state index contributed by atoms with van der Waals surface area (Å²) in [5.74, 6) is -0.318. The molecule has 0 aliphatic heterocycles. The molecule has 8 heteroatoms. The summed E-state index contributed by atoms with van der Waals surface area (Å²) < 4.78 is 5.96. The SMILES string of the molecule is CCOc1nc(Cl)ncc1C(=O)Nc1c(Cl)cccc1Br. The molecular formula is C13H10BrCl2N3O2. The van der Waals surface area contributed by atoms with Gasteiger partial charge in [0.25, 0.3) is 5.91 Å². The highest BCUT2D eigenvalue weighted by Crippen LogP contribution is 2.31. The third kappa shape index (κ3) is 3.84. The van der Waals surface area contributed by atoms with Gasteiger partial charge in [0.15, 0.2) is 0 Å². The Morgan fingerprint density at radius 3 is 2.86 bits per heavy atom. The second-order valence-corrected chi connectivity index (χ2v) is 5.44. The first-order valence-corrected chi connectivity index (χ1v) is 7.48. The van der Waals surface area contributed by atoms with Crippen LogP contribution in [0.15, 0.2) is 28.9 Å². The normalized spacial score (nSPS) is 10.3. The van der Waals surface area contributed by atoms with Gasteiger partial charge in [-0.05, 0) is 46.6 Å². The first kappa shape index (κ1) is 16.0. The fraction of sp³-hybridized carbons (Fsp3) is 0.154. The number of hydrogen-bond donors (Lipinski definition) is 1. The van der Waals surface area contributed by atoms with Crippen molar-refractivity contribution in [3.05, 3.63) is 44.7 Å². The summed E-state index contributed by atoms with van der Waals surface area (Å²) in [7, 11) is 0. The second-order valence-electron chi connectivity index (χ2n) is 3.84. The minimum Gasteiger partial charge on any atom is -0.477 e. The van der Waals surface area contributed by atoms with E-state index in [9.17, 15) is 4.79 Å². The van der Waals surface area contributed by atoms with Crippen molar-refractivity contribution in [1.82, 2.24) is 9.97 Å². The van der Waals surface area contributed by atoms with E-state index in [1.807, 2.05) is 0 Å². The first-order chi connectivity index (χ1) is 10.0. The van der Waals surface area contributed by atoms with Gasteiger partial charge in [-0.3, -0.25) is 4.79 Å². The average molecular weight is 391 g/mol. The van der Waals surface area contributed by atoms with Crippen LogP contribution < -0.4 is 10.1 Å². The summed E-state index contributed by atoms with van der Waals surface area (Å²) in [6.07, 6.45) is 1.31. The third-order valence-electron chi connectivity index (χ3n) is 2.45. The molecule has 0 aliphatic carbocycles. The van der Waals surface area contributed by atoms with Gasteiger partial charge in [0.2, 0.25) is 11.2 Å². The molecule has 0 fully saturated rings. The fourth-order valence-corrected chi connectivity index (χ4v) is 2.47. The second kappa shape index (κ2) is 7.06. The molecule has 1 N–H and O–H groups in total. The van der Waals surface area contributed by atoms with E-state index < -0.39 is 5.91 Å². The average Bonchev–Trinajstić information content (AvgIpc) is 2.43. The first-order valence-electron chi connectivity index (χ1n) is 5.93. The molecule has 1 aromatic carbocycles. The summed E-state index contributed by atoms with van der Waals surface area (Å²) in [6, 6.07) is 5.20. The quantitative estimate of drug-likeness (QED) is 0.794. The maximum absolute atomic E-state index is 12.3. The molecule has 5 nitrogen and oxygen atoms in total. The van der Waals surface area contributed by atoms with Gasteiger partial charge in [0.1, 0.15) is 5.56 Å². The molecule has 21 heavy (non-hydrogen) atoms. The van der Waals surface area contributed by atoms with E-state index in [0.29, 0.717) is 21.8 Å². The molecule has 0 aliphatic rings. The monoisotopic (exact) mass is 389 g/mol. The lowest BCUT2D eigenvalue weighted by Crippen LogP contribution is -2.15. The highest BCUT2D eigenvalue weighted by molar-refractivity contribution is 9.10. The Labute approximate surface area is 139 Å². The molecular weight excluding hydrogens is 381 g/mol. The predicted molar refractivity (Wildman–Crippen MR) is 85.3 cm³/mol. The van der Waals surface area contributed by atoms with Gasteiger partial charge in [-0.15, -0.1) is 0 Å². The van der Waals surface area contributed by atoms with Crippen molar-refractivity contribution in [2.75, 3.05) is 11.9 Å². The number of benzene rings is 1. The lowest BCUT2D eigenvalue weighted by atomic mass is 10.2. The largest absolute Gasteiger partial charge is 0.477 e. The number of amides is 1. The molecule has 1 amide bonds. The molecule has 1 aromatic heterocycles. The third-order valence-corrected chi connectivity index (χ3v) is 3.61. The topological polar surface area (TPSA) is 64.1 Å². The van der Waals surface area contributed by atoms with E-state index >= 15 is 0 Å². The Morgan fingerprint density at radius 2 is 2.19 bits per heavy atom. The van der Waals surface area contributed by atoms with E-state index in [1.165, 1.54) is 6.20 Å². The van der Waals surface area contributed by atoms with E-state index in [-0.39, 0.29) is 16.7 Å². The number of carbonyl (C=O) groups is 1. The highest BCUT2D eigenvalue weighted by atomic mass is 79.9. The number of nitrogens with zero attached hydrogens (tertiary/aromatic N) is 2. The van der Waals surface area contributed by atoms with Crippen molar-refractivity contribution in [1.29, 1.82) is 0 Å². The van der Waals surface area contributed by atoms with Crippen LogP contribution in [0.2, 0.25) is 10.3 Å². The lowest BCUT2D eigenvalue weighted by Gasteiger charge is -2.11. The molecule has 0 atom stereocenters. The van der Waals surface area contributed by atoms with Crippen LogP contribution in [-0.2, 0) is 0 Å². The van der Waals surface area contributed by atoms with Crippen LogP contribution in [0.4, 0.5) is 5.69 Å². The Morgan fingerprint density at radius 1 is 1.43 bits per heavy atom. The zero-order valence-corrected chi connectivity index (χ0v) is 14.0. The summed E-state index contributed by atoms with van der Waals surface area (Å²) in [4.78, 5) is 20.0. The molecule has 2 rings (SSSR count). The molecule has 0 radical (unpaired) electrons. The van der Waals surface area contributed by atoms with Crippen molar-refractivity contribution in [3.63, 3.8) is 0 Å². The van der Waals surface area contributed by atoms with Gasteiger partial charge in [0, 0.05) is 10.7 Å². The minimum absolute atomic E-state index is 0.00826. The number of rotatable bonds is 4. The number of halogens is 3. The van der Waals surface area contributed by atoms with Crippen LogP contribution in [0.5, 0.6) is 5.88 Å².